The Balaban J connectivity index is 1.71. The van der Waals surface area contributed by atoms with E-state index >= 15 is 0 Å². The van der Waals surface area contributed by atoms with Crippen LogP contribution in [0.5, 0.6) is 0 Å². The summed E-state index contributed by atoms with van der Waals surface area (Å²) in [4.78, 5) is 19.4. The average Bonchev–Trinajstić information content (AvgIpc) is 2.53. The van der Waals surface area contributed by atoms with Crippen LogP contribution in [-0.2, 0) is 24.3 Å². The second-order valence-corrected chi connectivity index (χ2v) is 5.25. The molecule has 1 aromatic heterocycles. The van der Waals surface area contributed by atoms with Gasteiger partial charge in [0.25, 0.3) is 5.56 Å². The second-order valence-electron chi connectivity index (χ2n) is 5.25. The minimum Gasteiger partial charge on any atom is -0.376 e. The van der Waals surface area contributed by atoms with E-state index in [4.69, 9.17) is 4.74 Å². The number of benzene rings is 1. The maximum absolute atomic E-state index is 12.0. The van der Waals surface area contributed by atoms with E-state index in [9.17, 15) is 4.79 Å². The fourth-order valence-corrected chi connectivity index (χ4v) is 2.49. The molecule has 1 atom stereocenters. The van der Waals surface area contributed by atoms with Gasteiger partial charge in [0.15, 0.2) is 0 Å². The van der Waals surface area contributed by atoms with Crippen molar-refractivity contribution >= 4 is 0 Å². The monoisotopic (exact) mass is 285 g/mol. The van der Waals surface area contributed by atoms with Crippen LogP contribution in [0.1, 0.15) is 35.6 Å². The van der Waals surface area contributed by atoms with Crippen LogP contribution < -0.4 is 10.9 Å². The van der Waals surface area contributed by atoms with E-state index in [-0.39, 0.29) is 11.6 Å². The van der Waals surface area contributed by atoms with E-state index in [1.54, 1.807) is 0 Å². The van der Waals surface area contributed by atoms with Crippen LogP contribution in [0, 0.1) is 0 Å². The van der Waals surface area contributed by atoms with Crippen molar-refractivity contribution in [2.24, 2.45) is 0 Å². The van der Waals surface area contributed by atoms with Crippen molar-refractivity contribution in [3.63, 3.8) is 0 Å². The first-order valence-electron chi connectivity index (χ1n) is 7.21. The molecule has 0 amide bonds. The summed E-state index contributed by atoms with van der Waals surface area (Å²) < 4.78 is 5.30. The SMILES string of the molecule is C[C@H](NCc1nc2c(c(=O)[nH]1)COCC2)c1ccccc1. The van der Waals surface area contributed by atoms with Crippen LogP contribution in [0.4, 0.5) is 0 Å². The molecule has 0 aliphatic carbocycles. The maximum atomic E-state index is 12.0. The van der Waals surface area contributed by atoms with Gasteiger partial charge in [-0.3, -0.25) is 4.79 Å². The Hall–Kier alpha value is -1.98. The predicted octanol–water partition coefficient (Wildman–Crippen LogP) is 1.69. The lowest BCUT2D eigenvalue weighted by atomic mass is 10.1. The van der Waals surface area contributed by atoms with E-state index < -0.39 is 0 Å². The highest BCUT2D eigenvalue weighted by Crippen LogP contribution is 2.13. The van der Waals surface area contributed by atoms with Gasteiger partial charge in [-0.2, -0.15) is 0 Å². The summed E-state index contributed by atoms with van der Waals surface area (Å²) in [6.45, 7) is 3.64. The van der Waals surface area contributed by atoms with Gasteiger partial charge in [0, 0.05) is 12.5 Å². The lowest BCUT2D eigenvalue weighted by Crippen LogP contribution is -2.28. The van der Waals surface area contributed by atoms with E-state index in [1.165, 1.54) is 5.56 Å². The number of ether oxygens (including phenoxy) is 1. The average molecular weight is 285 g/mol. The summed E-state index contributed by atoms with van der Waals surface area (Å²) in [7, 11) is 0. The molecule has 0 saturated carbocycles. The van der Waals surface area contributed by atoms with Crippen LogP contribution >= 0.6 is 0 Å². The largest absolute Gasteiger partial charge is 0.376 e. The predicted molar refractivity (Wildman–Crippen MR) is 79.9 cm³/mol. The van der Waals surface area contributed by atoms with Gasteiger partial charge < -0.3 is 15.0 Å². The molecule has 5 heteroatoms. The molecule has 3 rings (SSSR count). The number of hydrogen-bond donors (Lipinski definition) is 2. The Labute approximate surface area is 123 Å². The highest BCUT2D eigenvalue weighted by molar-refractivity contribution is 5.20. The van der Waals surface area contributed by atoms with Crippen molar-refractivity contribution in [2.45, 2.75) is 32.5 Å². The number of aromatic amines is 1. The fourth-order valence-electron chi connectivity index (χ4n) is 2.49. The number of rotatable bonds is 4. The van der Waals surface area contributed by atoms with Gasteiger partial charge >= 0.3 is 0 Å². The molecule has 0 bridgehead atoms. The zero-order valence-electron chi connectivity index (χ0n) is 12.1. The van der Waals surface area contributed by atoms with Crippen LogP contribution in [0.15, 0.2) is 35.1 Å². The molecule has 21 heavy (non-hydrogen) atoms. The van der Waals surface area contributed by atoms with Crippen LogP contribution in [0.3, 0.4) is 0 Å². The summed E-state index contributed by atoms with van der Waals surface area (Å²) >= 11 is 0. The Kier molecular flexibility index (Phi) is 4.13. The second kappa shape index (κ2) is 6.20. The molecule has 0 spiro atoms. The van der Waals surface area contributed by atoms with Crippen molar-refractivity contribution < 1.29 is 4.74 Å². The normalized spacial score (nSPS) is 15.5. The summed E-state index contributed by atoms with van der Waals surface area (Å²) in [5.41, 5.74) is 2.67. The van der Waals surface area contributed by atoms with E-state index in [2.05, 4.69) is 34.3 Å². The van der Waals surface area contributed by atoms with Gasteiger partial charge in [-0.25, -0.2) is 4.98 Å². The highest BCUT2D eigenvalue weighted by Gasteiger charge is 2.16. The standard InChI is InChI=1S/C16H19N3O2/c1-11(12-5-3-2-4-6-12)17-9-15-18-14-7-8-21-10-13(14)16(20)19-15/h2-6,11,17H,7-10H2,1H3,(H,18,19,20)/t11-/m0/s1. The Morgan fingerprint density at radius 2 is 2.19 bits per heavy atom. The minimum absolute atomic E-state index is 0.0798. The fraction of sp³-hybridized carbons (Fsp3) is 0.375. The van der Waals surface area contributed by atoms with Crippen molar-refractivity contribution in [3.05, 3.63) is 63.3 Å². The van der Waals surface area contributed by atoms with Crippen LogP contribution in [0.25, 0.3) is 0 Å². The van der Waals surface area contributed by atoms with Gasteiger partial charge in [0.2, 0.25) is 0 Å². The van der Waals surface area contributed by atoms with E-state index in [1.807, 2.05) is 18.2 Å². The molecule has 0 saturated heterocycles. The van der Waals surface area contributed by atoms with Crippen molar-refractivity contribution in [2.75, 3.05) is 6.61 Å². The Morgan fingerprint density at radius 3 is 3.00 bits per heavy atom. The third-order valence-electron chi connectivity index (χ3n) is 3.76. The van der Waals surface area contributed by atoms with Crippen LogP contribution in [-0.4, -0.2) is 16.6 Å². The summed E-state index contributed by atoms with van der Waals surface area (Å²) in [6, 6.07) is 10.4. The maximum Gasteiger partial charge on any atom is 0.256 e. The number of nitrogens with one attached hydrogen (secondary N) is 2. The molecular formula is C16H19N3O2. The van der Waals surface area contributed by atoms with Gasteiger partial charge in [-0.15, -0.1) is 0 Å². The lowest BCUT2D eigenvalue weighted by molar-refractivity contribution is 0.107. The number of fused-ring (bicyclic) bond motifs is 1. The molecule has 2 aromatic rings. The summed E-state index contributed by atoms with van der Waals surface area (Å²) in [5.74, 6) is 0.684. The Morgan fingerprint density at radius 1 is 1.38 bits per heavy atom. The molecule has 0 fully saturated rings. The number of nitrogens with zero attached hydrogens (tertiary/aromatic N) is 1. The molecule has 0 unspecified atom stereocenters. The first-order valence-corrected chi connectivity index (χ1v) is 7.21. The van der Waals surface area contributed by atoms with E-state index in [0.717, 1.165) is 5.69 Å². The number of hydrogen-bond acceptors (Lipinski definition) is 4. The van der Waals surface area contributed by atoms with Gasteiger partial charge in [0.05, 0.1) is 31.0 Å². The number of H-pyrrole nitrogens is 1. The first kappa shape index (κ1) is 14.0. The zero-order chi connectivity index (χ0) is 14.7. The molecule has 5 nitrogen and oxygen atoms in total. The van der Waals surface area contributed by atoms with Crippen LogP contribution in [0.2, 0.25) is 0 Å². The molecule has 1 aliphatic heterocycles. The van der Waals surface area contributed by atoms with E-state index in [0.29, 0.717) is 37.6 Å². The molecular weight excluding hydrogens is 266 g/mol. The molecule has 2 N–H and O–H groups in total. The van der Waals surface area contributed by atoms with Crippen molar-refractivity contribution in [3.8, 4) is 0 Å². The summed E-state index contributed by atoms with van der Waals surface area (Å²) in [6.07, 6.45) is 0.709. The van der Waals surface area contributed by atoms with Gasteiger partial charge in [0.1, 0.15) is 5.82 Å². The van der Waals surface area contributed by atoms with Gasteiger partial charge in [-0.1, -0.05) is 30.3 Å². The van der Waals surface area contributed by atoms with Crippen molar-refractivity contribution in [1.29, 1.82) is 0 Å². The molecule has 2 heterocycles. The summed E-state index contributed by atoms with van der Waals surface area (Å²) in [5, 5.41) is 3.39. The number of aromatic nitrogens is 2. The minimum atomic E-state index is -0.0798. The Bertz CT molecular complexity index is 667. The third kappa shape index (κ3) is 3.20. The van der Waals surface area contributed by atoms with Crippen molar-refractivity contribution in [1.82, 2.24) is 15.3 Å². The topological polar surface area (TPSA) is 67.0 Å². The molecule has 1 aromatic carbocycles. The smallest absolute Gasteiger partial charge is 0.256 e. The highest BCUT2D eigenvalue weighted by atomic mass is 16.5. The van der Waals surface area contributed by atoms with Gasteiger partial charge in [-0.05, 0) is 12.5 Å². The first-order chi connectivity index (χ1) is 10.2. The molecule has 0 radical (unpaired) electrons. The quantitative estimate of drug-likeness (QED) is 0.897. The lowest BCUT2D eigenvalue weighted by Gasteiger charge is -2.17. The molecule has 1 aliphatic rings. The zero-order valence-corrected chi connectivity index (χ0v) is 12.1. The third-order valence-corrected chi connectivity index (χ3v) is 3.76. The molecule has 110 valence electrons.